The number of benzene rings is 11. The van der Waals surface area contributed by atoms with Crippen LogP contribution in [0, 0.1) is 0 Å². The molecule has 0 amide bonds. The Bertz CT molecular complexity index is 4190. The summed E-state index contributed by atoms with van der Waals surface area (Å²) in [5.74, 6) is 3.37. The van der Waals surface area contributed by atoms with Gasteiger partial charge in [0.2, 0.25) is 0 Å². The van der Waals surface area contributed by atoms with Gasteiger partial charge in [-0.15, -0.1) is 0 Å². The molecule has 0 spiro atoms. The Morgan fingerprint density at radius 2 is 0.917 bits per heavy atom. The zero-order chi connectivity index (χ0) is 47.3. The predicted molar refractivity (Wildman–Crippen MR) is 302 cm³/mol. The van der Waals surface area contributed by atoms with Crippen LogP contribution in [-0.4, -0.2) is 23.9 Å². The molecule has 0 N–H and O–H groups in total. The van der Waals surface area contributed by atoms with Gasteiger partial charge in [-0.25, -0.2) is 0 Å². The van der Waals surface area contributed by atoms with Gasteiger partial charge in [0.1, 0.15) is 23.0 Å². The molecular formula is C66H43BN2O2Si. The Hall–Kier alpha value is -9.10. The first-order valence-corrected chi connectivity index (χ1v) is 26.8. The molecular weight excluding hydrogens is 892 g/mol. The maximum Gasteiger partial charge on any atom is 0.260 e. The normalized spacial score (nSPS) is 12.6. The molecule has 11 aromatic carbocycles. The molecule has 0 unspecified atom stereocenters. The lowest BCUT2D eigenvalue weighted by Gasteiger charge is -2.35. The van der Waals surface area contributed by atoms with Crippen LogP contribution in [0.3, 0.4) is 0 Å². The highest BCUT2D eigenvalue weighted by molar-refractivity contribution is 7.20. The lowest BCUT2D eigenvalue weighted by molar-refractivity contribution is 0.465. The van der Waals surface area contributed by atoms with Crippen molar-refractivity contribution in [2.45, 2.75) is 0 Å². The van der Waals surface area contributed by atoms with Gasteiger partial charge in [0.05, 0.1) is 27.8 Å². The summed E-state index contributed by atoms with van der Waals surface area (Å²) in [6.07, 6.45) is 0. The number of hydrogen-bond acceptors (Lipinski definition) is 2. The molecule has 13 aromatic rings. The van der Waals surface area contributed by atoms with Crippen LogP contribution in [0.25, 0.3) is 66.1 Å². The van der Waals surface area contributed by atoms with Crippen LogP contribution >= 0.6 is 0 Å². The molecule has 336 valence electrons. The largest absolute Gasteiger partial charge is 0.458 e. The third-order valence-corrected chi connectivity index (χ3v) is 20.2. The summed E-state index contributed by atoms with van der Waals surface area (Å²) >= 11 is 0. The molecule has 2 aliphatic rings. The van der Waals surface area contributed by atoms with E-state index in [0.29, 0.717) is 0 Å². The fourth-order valence-electron chi connectivity index (χ4n) is 12.5. The first-order chi connectivity index (χ1) is 35.8. The lowest BCUT2D eigenvalue weighted by Crippen LogP contribution is -2.74. The average molecular weight is 935 g/mol. The first-order valence-electron chi connectivity index (χ1n) is 24.8. The van der Waals surface area contributed by atoms with E-state index in [-0.39, 0.29) is 6.71 Å². The van der Waals surface area contributed by atoms with Crippen LogP contribution in [0.5, 0.6) is 23.0 Å². The second-order valence-corrected chi connectivity index (χ2v) is 22.9. The monoisotopic (exact) mass is 934 g/mol. The van der Waals surface area contributed by atoms with E-state index in [1.54, 1.807) is 0 Å². The number of aromatic nitrogens is 2. The van der Waals surface area contributed by atoms with Crippen molar-refractivity contribution >= 4 is 95.5 Å². The fraction of sp³-hybridized carbons (Fsp3) is 0. The summed E-state index contributed by atoms with van der Waals surface area (Å²) in [5, 5.41) is 10.1. The molecule has 0 atom stereocenters. The smallest absolute Gasteiger partial charge is 0.260 e. The van der Waals surface area contributed by atoms with Gasteiger partial charge in [-0.2, -0.15) is 0 Å². The van der Waals surface area contributed by atoms with Crippen LogP contribution in [-0.2, 0) is 0 Å². The summed E-state index contributed by atoms with van der Waals surface area (Å²) in [4.78, 5) is 0. The molecule has 0 saturated heterocycles. The molecule has 0 aliphatic carbocycles. The zero-order valence-electron chi connectivity index (χ0n) is 39.1. The van der Waals surface area contributed by atoms with Crippen molar-refractivity contribution in [3.8, 4) is 45.5 Å². The molecule has 72 heavy (non-hydrogen) atoms. The molecule has 0 saturated carbocycles. The van der Waals surface area contributed by atoms with E-state index in [9.17, 15) is 0 Å². The number of rotatable bonds is 7. The minimum absolute atomic E-state index is 0.110. The van der Waals surface area contributed by atoms with Crippen molar-refractivity contribution in [2.75, 3.05) is 0 Å². The predicted octanol–water partition coefficient (Wildman–Crippen LogP) is 11.7. The maximum atomic E-state index is 7.50. The van der Waals surface area contributed by atoms with Crippen LogP contribution < -0.4 is 46.6 Å². The number of hydrogen-bond donors (Lipinski definition) is 0. The zero-order valence-corrected chi connectivity index (χ0v) is 40.1. The highest BCUT2D eigenvalue weighted by Gasteiger charge is 2.44. The highest BCUT2D eigenvalue weighted by atomic mass is 28.3. The van der Waals surface area contributed by atoms with Crippen molar-refractivity contribution in [3.05, 3.63) is 261 Å². The van der Waals surface area contributed by atoms with Crippen molar-refractivity contribution in [1.29, 1.82) is 0 Å². The van der Waals surface area contributed by atoms with Gasteiger partial charge in [-0.05, 0) is 91.8 Å². The molecule has 4 heterocycles. The van der Waals surface area contributed by atoms with E-state index in [1.165, 1.54) is 47.8 Å². The van der Waals surface area contributed by atoms with Gasteiger partial charge in [0.15, 0.2) is 8.07 Å². The van der Waals surface area contributed by atoms with E-state index in [2.05, 4.69) is 270 Å². The lowest BCUT2D eigenvalue weighted by atomic mass is 9.34. The summed E-state index contributed by atoms with van der Waals surface area (Å²) in [6, 6.07) is 95.7. The number of para-hydroxylation sites is 4. The fourth-order valence-corrected chi connectivity index (χ4v) is 17.3. The van der Waals surface area contributed by atoms with Crippen molar-refractivity contribution in [1.82, 2.24) is 9.13 Å². The SMILES string of the molecule is c1ccc(-n2c3ccccc3c3c2ccc2c4ccccc4n(-c4ccc5c(c4-c4cccc([Si](c6ccccc6)(c6ccccc6)c6ccccc6)c4)Oc4cccc6c4B5c4ccccc4O6)c23)cc1. The molecule has 15 rings (SSSR count). The summed E-state index contributed by atoms with van der Waals surface area (Å²) < 4.78 is 19.1. The van der Waals surface area contributed by atoms with Crippen molar-refractivity contribution < 1.29 is 9.47 Å². The van der Waals surface area contributed by atoms with Gasteiger partial charge in [0, 0.05) is 38.3 Å². The quantitative estimate of drug-likeness (QED) is 0.118. The van der Waals surface area contributed by atoms with E-state index < -0.39 is 8.07 Å². The standard InChI is InChI=1S/C66H43BN2O2Si/c1-5-22-45(23-6-1)68-56-35-17-14-32-52(56)63-58(68)41-39-51-50-31-13-16-34-55(50)69(65(51)63)57-42-40-54-66(71-61-38-20-37-60-64(61)67(54)53-33-15-18-36-59(53)70-60)62(57)44-21-19-30-49(43-44)72(46-24-7-2-8-25-46,47-26-9-3-10-27-47)48-28-11-4-12-29-48/h1-43H. The van der Waals surface area contributed by atoms with Gasteiger partial charge in [-0.3, -0.25) is 0 Å². The van der Waals surface area contributed by atoms with Crippen LogP contribution in [0.15, 0.2) is 261 Å². The second-order valence-electron chi connectivity index (χ2n) is 19.0. The van der Waals surface area contributed by atoms with Gasteiger partial charge in [-0.1, -0.05) is 206 Å². The summed E-state index contributed by atoms with van der Waals surface area (Å²) in [6.45, 7) is -0.110. The van der Waals surface area contributed by atoms with Gasteiger partial charge >= 0.3 is 0 Å². The van der Waals surface area contributed by atoms with E-state index in [0.717, 1.165) is 78.4 Å². The van der Waals surface area contributed by atoms with Crippen molar-refractivity contribution in [3.63, 3.8) is 0 Å². The molecule has 2 aromatic heterocycles. The summed E-state index contributed by atoms with van der Waals surface area (Å²) in [7, 11) is -2.96. The molecule has 0 fully saturated rings. The second kappa shape index (κ2) is 16.0. The molecule has 0 radical (unpaired) electrons. The maximum absolute atomic E-state index is 7.50. The number of nitrogens with zero attached hydrogens (tertiary/aromatic N) is 2. The van der Waals surface area contributed by atoms with Crippen molar-refractivity contribution in [2.24, 2.45) is 0 Å². The Balaban J connectivity index is 1.09. The minimum atomic E-state index is -2.96. The number of ether oxygens (including phenoxy) is 2. The van der Waals surface area contributed by atoms with Gasteiger partial charge < -0.3 is 18.6 Å². The molecule has 4 nitrogen and oxygen atoms in total. The Morgan fingerprint density at radius 3 is 1.62 bits per heavy atom. The third-order valence-electron chi connectivity index (χ3n) is 15.4. The average Bonchev–Trinajstić information content (AvgIpc) is 3.97. The van der Waals surface area contributed by atoms with Gasteiger partial charge in [0.25, 0.3) is 6.71 Å². The Morgan fingerprint density at radius 1 is 0.361 bits per heavy atom. The molecule has 2 aliphatic heterocycles. The van der Waals surface area contributed by atoms with Crippen LogP contribution in [0.2, 0.25) is 0 Å². The highest BCUT2D eigenvalue weighted by Crippen LogP contribution is 2.47. The Kier molecular flexibility index (Phi) is 9.04. The molecule has 6 heteroatoms. The molecule has 0 bridgehead atoms. The topological polar surface area (TPSA) is 28.3 Å². The van der Waals surface area contributed by atoms with Crippen LogP contribution in [0.4, 0.5) is 0 Å². The minimum Gasteiger partial charge on any atom is -0.458 e. The first kappa shape index (κ1) is 40.8. The third kappa shape index (κ3) is 5.81. The van der Waals surface area contributed by atoms with E-state index in [1.807, 2.05) is 0 Å². The van der Waals surface area contributed by atoms with E-state index >= 15 is 0 Å². The number of fused-ring (bicyclic) bond motifs is 11. The van der Waals surface area contributed by atoms with Crippen LogP contribution in [0.1, 0.15) is 0 Å². The summed E-state index contributed by atoms with van der Waals surface area (Å²) in [5.41, 5.74) is 12.2. The van der Waals surface area contributed by atoms with E-state index in [4.69, 9.17) is 9.47 Å². The Labute approximate surface area is 418 Å².